The van der Waals surface area contributed by atoms with Gasteiger partial charge in [0.15, 0.2) is 5.75 Å². The normalized spacial score (nSPS) is 11.7. The number of carbonyl (C=O) groups is 1. The van der Waals surface area contributed by atoms with Crippen molar-refractivity contribution < 1.29 is 28.2 Å². The summed E-state index contributed by atoms with van der Waals surface area (Å²) in [5.41, 5.74) is -1.05. The van der Waals surface area contributed by atoms with Crippen LogP contribution in [0, 0.1) is 0 Å². The zero-order valence-corrected chi connectivity index (χ0v) is 20.8. The Hall–Kier alpha value is -3.30. The van der Waals surface area contributed by atoms with Gasteiger partial charge in [-0.2, -0.15) is 13.2 Å². The van der Waals surface area contributed by atoms with Crippen molar-refractivity contribution in [2.45, 2.75) is 33.4 Å². The summed E-state index contributed by atoms with van der Waals surface area (Å²) in [7, 11) is 0. The predicted molar refractivity (Wildman–Crippen MR) is 135 cm³/mol. The molecule has 6 nitrogen and oxygen atoms in total. The number of aromatic amines is 1. The number of para-hydroxylation sites is 1. The molecule has 3 N–H and O–H groups in total. The molecular weight excluding hydrogens is 495 g/mol. The van der Waals surface area contributed by atoms with Crippen LogP contribution >= 0.6 is 11.6 Å². The lowest BCUT2D eigenvalue weighted by Gasteiger charge is -2.14. The van der Waals surface area contributed by atoms with Gasteiger partial charge in [0.2, 0.25) is 0 Å². The van der Waals surface area contributed by atoms with Crippen LogP contribution in [0.1, 0.15) is 48.0 Å². The van der Waals surface area contributed by atoms with E-state index in [0.29, 0.717) is 16.0 Å². The van der Waals surface area contributed by atoms with E-state index in [9.17, 15) is 28.2 Å². The van der Waals surface area contributed by atoms with Crippen molar-refractivity contribution in [3.05, 3.63) is 70.0 Å². The smallest absolute Gasteiger partial charge is 0.418 e. The molecule has 0 fully saturated rings. The van der Waals surface area contributed by atoms with Crippen LogP contribution in [0.15, 0.2) is 42.6 Å². The fourth-order valence-corrected chi connectivity index (χ4v) is 4.21. The summed E-state index contributed by atoms with van der Waals surface area (Å²) < 4.78 is 40.3. The Morgan fingerprint density at radius 2 is 1.75 bits per heavy atom. The number of H-pyrrole nitrogens is 1. The Morgan fingerprint density at radius 1 is 1.08 bits per heavy atom. The van der Waals surface area contributed by atoms with Gasteiger partial charge < -0.3 is 20.1 Å². The molecule has 4 aromatic rings. The number of rotatable bonds is 6. The molecule has 0 atom stereocenters. The first-order chi connectivity index (χ1) is 17.0. The SMILES string of the molecule is CCN(CC)CC.O=C(O)c1c(O)c(Cc2c[nH]c3ccc(Cl)cc23)nc2c(C(F)(F)F)cccc12. The molecule has 2 aromatic heterocycles. The zero-order valence-electron chi connectivity index (χ0n) is 20.1. The molecule has 0 bridgehead atoms. The third-order valence-corrected chi connectivity index (χ3v) is 6.25. The number of aromatic carboxylic acids is 1. The first-order valence-electron chi connectivity index (χ1n) is 11.4. The molecule has 0 aliphatic heterocycles. The van der Waals surface area contributed by atoms with E-state index in [4.69, 9.17) is 11.6 Å². The van der Waals surface area contributed by atoms with Crippen LogP contribution in [0.3, 0.4) is 0 Å². The summed E-state index contributed by atoms with van der Waals surface area (Å²) in [4.78, 5) is 21.1. The average molecular weight is 522 g/mol. The monoisotopic (exact) mass is 521 g/mol. The number of halogens is 4. The summed E-state index contributed by atoms with van der Waals surface area (Å²) in [6.07, 6.45) is -3.21. The van der Waals surface area contributed by atoms with Crippen LogP contribution in [0.5, 0.6) is 5.75 Å². The molecule has 0 saturated heterocycles. The van der Waals surface area contributed by atoms with E-state index in [0.717, 1.165) is 17.6 Å². The highest BCUT2D eigenvalue weighted by Gasteiger charge is 2.35. The summed E-state index contributed by atoms with van der Waals surface area (Å²) >= 11 is 6.02. The van der Waals surface area contributed by atoms with E-state index in [-0.39, 0.29) is 17.5 Å². The van der Waals surface area contributed by atoms with Crippen molar-refractivity contribution >= 4 is 39.4 Å². The summed E-state index contributed by atoms with van der Waals surface area (Å²) in [5, 5.41) is 20.9. The Kier molecular flexibility index (Phi) is 8.47. The van der Waals surface area contributed by atoms with Gasteiger partial charge in [0.1, 0.15) is 5.56 Å². The maximum absolute atomic E-state index is 13.4. The third kappa shape index (κ3) is 5.74. The number of carboxylic acid groups (broad SMARTS) is 1. The van der Waals surface area contributed by atoms with E-state index in [1.54, 1.807) is 24.4 Å². The highest BCUT2D eigenvalue weighted by atomic mass is 35.5. The third-order valence-electron chi connectivity index (χ3n) is 6.01. The minimum Gasteiger partial charge on any atom is -0.505 e. The van der Waals surface area contributed by atoms with Gasteiger partial charge in [-0.1, -0.05) is 44.5 Å². The number of carboxylic acids is 1. The maximum atomic E-state index is 13.4. The van der Waals surface area contributed by atoms with Gasteiger partial charge >= 0.3 is 12.1 Å². The highest BCUT2D eigenvalue weighted by Crippen LogP contribution is 2.38. The Bertz CT molecular complexity index is 1380. The summed E-state index contributed by atoms with van der Waals surface area (Å²) in [6, 6.07) is 8.18. The van der Waals surface area contributed by atoms with Crippen molar-refractivity contribution in [3.63, 3.8) is 0 Å². The molecule has 0 amide bonds. The minimum absolute atomic E-state index is 0.0887. The molecule has 36 heavy (non-hydrogen) atoms. The van der Waals surface area contributed by atoms with Crippen molar-refractivity contribution in [3.8, 4) is 5.75 Å². The standard InChI is InChI=1S/C20H12ClF3N2O3.C6H15N/c21-10-4-5-14-12(7-10)9(8-25-14)6-15-18(27)16(19(28)29)11-2-1-3-13(17(11)26-15)20(22,23)24;1-4-7(5-2)6-3/h1-5,7-8,25,27H,6H2,(H,28,29);4-6H2,1-3H3. The van der Waals surface area contributed by atoms with E-state index in [1.165, 1.54) is 25.7 Å². The molecule has 2 aromatic carbocycles. The molecule has 2 heterocycles. The van der Waals surface area contributed by atoms with E-state index in [1.807, 2.05) is 0 Å². The van der Waals surface area contributed by atoms with Crippen molar-refractivity contribution in [1.29, 1.82) is 0 Å². The van der Waals surface area contributed by atoms with Crippen LogP contribution in [-0.2, 0) is 12.6 Å². The molecule has 0 radical (unpaired) electrons. The lowest BCUT2D eigenvalue weighted by molar-refractivity contribution is -0.136. The van der Waals surface area contributed by atoms with Gasteiger partial charge in [0.05, 0.1) is 16.8 Å². The first kappa shape index (κ1) is 27.3. The largest absolute Gasteiger partial charge is 0.505 e. The van der Waals surface area contributed by atoms with Crippen LogP contribution in [-0.4, -0.2) is 50.7 Å². The Morgan fingerprint density at radius 3 is 2.31 bits per heavy atom. The molecule has 0 aliphatic rings. The molecule has 4 rings (SSSR count). The van der Waals surface area contributed by atoms with Gasteiger partial charge in [-0.15, -0.1) is 0 Å². The van der Waals surface area contributed by atoms with Crippen LogP contribution in [0.4, 0.5) is 13.2 Å². The maximum Gasteiger partial charge on any atom is 0.418 e. The molecule has 10 heteroatoms. The van der Waals surface area contributed by atoms with Gasteiger partial charge in [-0.3, -0.25) is 0 Å². The molecule has 0 saturated carbocycles. The predicted octanol–water partition coefficient (Wildman–Crippen LogP) is 6.73. The number of benzene rings is 2. The van der Waals surface area contributed by atoms with Gasteiger partial charge in [0, 0.05) is 33.9 Å². The van der Waals surface area contributed by atoms with Crippen molar-refractivity contribution in [1.82, 2.24) is 14.9 Å². The van der Waals surface area contributed by atoms with Gasteiger partial charge in [-0.05, 0) is 49.5 Å². The number of fused-ring (bicyclic) bond motifs is 2. The molecule has 0 spiro atoms. The zero-order chi connectivity index (χ0) is 26.6. The second-order valence-corrected chi connectivity index (χ2v) is 8.52. The fourth-order valence-electron chi connectivity index (χ4n) is 4.04. The fraction of sp³-hybridized carbons (Fsp3) is 0.308. The highest BCUT2D eigenvalue weighted by molar-refractivity contribution is 6.31. The number of pyridine rings is 1. The van der Waals surface area contributed by atoms with Crippen molar-refractivity contribution in [2.24, 2.45) is 0 Å². The topological polar surface area (TPSA) is 89.5 Å². The second kappa shape index (κ2) is 11.2. The lowest BCUT2D eigenvalue weighted by atomic mass is 9.99. The number of aromatic hydroxyl groups is 1. The van der Waals surface area contributed by atoms with Crippen LogP contribution in [0.25, 0.3) is 21.8 Å². The number of alkyl halides is 3. The molecule has 192 valence electrons. The first-order valence-corrected chi connectivity index (χ1v) is 11.8. The van der Waals surface area contributed by atoms with Gasteiger partial charge in [-0.25, -0.2) is 9.78 Å². The molecule has 0 unspecified atom stereocenters. The molecule has 0 aliphatic carbocycles. The minimum atomic E-state index is -4.73. The quantitative estimate of drug-likeness (QED) is 0.262. The number of nitrogens with one attached hydrogen (secondary N) is 1. The molecular formula is C26H27ClF3N3O3. The van der Waals surface area contributed by atoms with Crippen molar-refractivity contribution in [2.75, 3.05) is 19.6 Å². The van der Waals surface area contributed by atoms with E-state index < -0.39 is 34.5 Å². The average Bonchev–Trinajstić information content (AvgIpc) is 3.21. The summed E-state index contributed by atoms with van der Waals surface area (Å²) in [6.45, 7) is 10.1. The van der Waals surface area contributed by atoms with E-state index >= 15 is 0 Å². The number of aromatic nitrogens is 2. The van der Waals surface area contributed by atoms with Crippen LogP contribution in [0.2, 0.25) is 5.02 Å². The second-order valence-electron chi connectivity index (χ2n) is 8.09. The number of hydrogen-bond donors (Lipinski definition) is 3. The van der Waals surface area contributed by atoms with Gasteiger partial charge in [0.25, 0.3) is 0 Å². The number of hydrogen-bond acceptors (Lipinski definition) is 4. The van der Waals surface area contributed by atoms with Crippen LogP contribution < -0.4 is 0 Å². The van der Waals surface area contributed by atoms with E-state index in [2.05, 4.69) is 35.6 Å². The number of nitrogens with zero attached hydrogens (tertiary/aromatic N) is 2. The Labute approximate surface area is 211 Å². The summed E-state index contributed by atoms with van der Waals surface area (Å²) in [5.74, 6) is -2.21. The lowest BCUT2D eigenvalue weighted by Crippen LogP contribution is -2.21. The Balaban J connectivity index is 0.000000454.